The molecule has 0 atom stereocenters. The van der Waals surface area contributed by atoms with E-state index in [2.05, 4.69) is 15.1 Å². The number of carbonyl (C=O) groups excluding carboxylic acids is 1. The van der Waals surface area contributed by atoms with Crippen LogP contribution in [-0.2, 0) is 11.3 Å². The van der Waals surface area contributed by atoms with Gasteiger partial charge in [-0.25, -0.2) is 19.4 Å². The monoisotopic (exact) mass is 345 g/mol. The molecule has 0 aliphatic carbocycles. The van der Waals surface area contributed by atoms with Crippen LogP contribution >= 0.6 is 0 Å². The summed E-state index contributed by atoms with van der Waals surface area (Å²) in [5, 5.41) is 4.42. The molecule has 3 heterocycles. The van der Waals surface area contributed by atoms with Gasteiger partial charge in [0.2, 0.25) is 0 Å². The van der Waals surface area contributed by atoms with Crippen molar-refractivity contribution in [2.75, 3.05) is 0 Å². The predicted molar refractivity (Wildman–Crippen MR) is 94.0 cm³/mol. The van der Waals surface area contributed by atoms with Crippen LogP contribution in [0.25, 0.3) is 11.5 Å². The third-order valence-corrected chi connectivity index (χ3v) is 3.77. The van der Waals surface area contributed by atoms with Crippen LogP contribution in [0.15, 0.2) is 79.6 Å². The minimum absolute atomic E-state index is 0.0986. The van der Waals surface area contributed by atoms with E-state index in [0.29, 0.717) is 17.1 Å². The number of ether oxygens (including phenoxy) is 1. The Labute approximate surface area is 149 Å². The Morgan fingerprint density at radius 1 is 1.04 bits per heavy atom. The number of nitrogens with zero attached hydrogens (tertiary/aromatic N) is 5. The lowest BCUT2D eigenvalue weighted by Gasteiger charge is -2.05. The molecule has 0 aliphatic rings. The van der Waals surface area contributed by atoms with E-state index < -0.39 is 5.97 Å². The molecule has 1 aromatic carbocycles. The third kappa shape index (κ3) is 3.36. The van der Waals surface area contributed by atoms with Crippen LogP contribution in [-0.4, -0.2) is 30.3 Å². The van der Waals surface area contributed by atoms with E-state index in [9.17, 15) is 4.79 Å². The molecule has 0 saturated heterocycles. The summed E-state index contributed by atoms with van der Waals surface area (Å²) in [6.07, 6.45) is 8.43. The average molecular weight is 345 g/mol. The number of benzene rings is 1. The molecule has 0 amide bonds. The Hall–Kier alpha value is -3.74. The second kappa shape index (κ2) is 7.02. The quantitative estimate of drug-likeness (QED) is 0.520. The van der Waals surface area contributed by atoms with Crippen molar-refractivity contribution >= 4 is 5.97 Å². The Bertz CT molecular complexity index is 1010. The Morgan fingerprint density at radius 2 is 1.92 bits per heavy atom. The number of carbonyl (C=O) groups is 1. The van der Waals surface area contributed by atoms with Crippen molar-refractivity contribution in [3.8, 4) is 11.5 Å². The van der Waals surface area contributed by atoms with Gasteiger partial charge in [-0.05, 0) is 30.3 Å². The van der Waals surface area contributed by atoms with Gasteiger partial charge in [0.1, 0.15) is 24.4 Å². The van der Waals surface area contributed by atoms with Crippen molar-refractivity contribution in [2.45, 2.75) is 6.61 Å². The van der Waals surface area contributed by atoms with Gasteiger partial charge in [-0.15, -0.1) is 0 Å². The number of para-hydroxylation sites is 1. The second-order valence-electron chi connectivity index (χ2n) is 5.54. The largest absolute Gasteiger partial charge is 0.456 e. The van der Waals surface area contributed by atoms with Crippen molar-refractivity contribution in [3.05, 3.63) is 90.9 Å². The molecule has 0 N–H and O–H groups in total. The molecule has 26 heavy (non-hydrogen) atoms. The number of hydrogen-bond acceptors (Lipinski definition) is 5. The highest BCUT2D eigenvalue weighted by atomic mass is 16.5. The van der Waals surface area contributed by atoms with Crippen molar-refractivity contribution in [1.29, 1.82) is 0 Å². The minimum atomic E-state index is -0.428. The zero-order chi connectivity index (χ0) is 17.8. The smallest absolute Gasteiger partial charge is 0.338 e. The lowest BCUT2D eigenvalue weighted by Crippen LogP contribution is -2.07. The molecule has 4 aromatic rings. The van der Waals surface area contributed by atoms with Crippen molar-refractivity contribution in [2.24, 2.45) is 0 Å². The van der Waals surface area contributed by atoms with Gasteiger partial charge >= 0.3 is 5.97 Å². The zero-order valence-corrected chi connectivity index (χ0v) is 13.8. The van der Waals surface area contributed by atoms with Crippen molar-refractivity contribution in [1.82, 2.24) is 24.3 Å². The summed E-state index contributed by atoms with van der Waals surface area (Å²) in [5.41, 5.74) is 2.04. The molecule has 7 nitrogen and oxygen atoms in total. The fourth-order valence-electron chi connectivity index (χ4n) is 2.47. The summed E-state index contributed by atoms with van der Waals surface area (Å²) in [7, 11) is 0. The molecule has 0 bridgehead atoms. The fourth-order valence-corrected chi connectivity index (χ4v) is 2.47. The highest BCUT2D eigenvalue weighted by molar-refractivity contribution is 5.89. The number of imidazole rings is 1. The van der Waals surface area contributed by atoms with Crippen LogP contribution in [0.2, 0.25) is 0 Å². The van der Waals surface area contributed by atoms with Gasteiger partial charge in [-0.2, -0.15) is 5.10 Å². The molecule has 0 fully saturated rings. The SMILES string of the molecule is O=C(OCc1ccn(-c2ccccc2)n1)c1ccnc(-n2ccnc2)c1. The molecule has 7 heteroatoms. The lowest BCUT2D eigenvalue weighted by atomic mass is 10.2. The van der Waals surface area contributed by atoms with Gasteiger partial charge in [0, 0.05) is 24.8 Å². The molecule has 0 aliphatic heterocycles. The van der Waals surface area contributed by atoms with Crippen LogP contribution in [0, 0.1) is 0 Å². The van der Waals surface area contributed by atoms with E-state index in [1.807, 2.05) is 42.6 Å². The van der Waals surface area contributed by atoms with Crippen LogP contribution in [0.5, 0.6) is 0 Å². The van der Waals surface area contributed by atoms with Crippen LogP contribution in [0.1, 0.15) is 16.1 Å². The number of aromatic nitrogens is 5. The first-order valence-electron chi connectivity index (χ1n) is 8.01. The first-order valence-corrected chi connectivity index (χ1v) is 8.01. The summed E-state index contributed by atoms with van der Waals surface area (Å²) in [5.74, 6) is 0.174. The molecule has 4 rings (SSSR count). The normalized spacial score (nSPS) is 10.6. The highest BCUT2D eigenvalue weighted by Gasteiger charge is 2.11. The first kappa shape index (κ1) is 15.8. The summed E-state index contributed by atoms with van der Waals surface area (Å²) < 4.78 is 8.83. The molecule has 0 spiro atoms. The van der Waals surface area contributed by atoms with E-state index >= 15 is 0 Å². The van der Waals surface area contributed by atoms with Gasteiger partial charge in [0.25, 0.3) is 0 Å². The topological polar surface area (TPSA) is 74.8 Å². The van der Waals surface area contributed by atoms with E-state index in [-0.39, 0.29) is 6.61 Å². The Balaban J connectivity index is 1.43. The highest BCUT2D eigenvalue weighted by Crippen LogP contribution is 2.11. The van der Waals surface area contributed by atoms with Crippen molar-refractivity contribution in [3.63, 3.8) is 0 Å². The number of hydrogen-bond donors (Lipinski definition) is 0. The maximum atomic E-state index is 12.3. The van der Waals surface area contributed by atoms with Gasteiger partial charge in [0.15, 0.2) is 0 Å². The standard InChI is InChI=1S/C19H15N5O2/c25-19(15-6-8-21-18(12-15)23-11-9-20-14-23)26-13-16-7-10-24(22-16)17-4-2-1-3-5-17/h1-12,14H,13H2. The molecule has 0 radical (unpaired) electrons. The molecule has 0 unspecified atom stereocenters. The minimum Gasteiger partial charge on any atom is -0.456 e. The van der Waals surface area contributed by atoms with E-state index in [4.69, 9.17) is 4.74 Å². The summed E-state index contributed by atoms with van der Waals surface area (Å²) >= 11 is 0. The first-order chi connectivity index (χ1) is 12.8. The van der Waals surface area contributed by atoms with Crippen LogP contribution < -0.4 is 0 Å². The Morgan fingerprint density at radius 3 is 2.73 bits per heavy atom. The average Bonchev–Trinajstić information content (AvgIpc) is 3.39. The fraction of sp³-hybridized carbons (Fsp3) is 0.0526. The van der Waals surface area contributed by atoms with Gasteiger partial charge in [-0.1, -0.05) is 18.2 Å². The maximum Gasteiger partial charge on any atom is 0.338 e. The summed E-state index contributed by atoms with van der Waals surface area (Å²) in [6, 6.07) is 14.8. The number of esters is 1. The van der Waals surface area contributed by atoms with Gasteiger partial charge in [-0.3, -0.25) is 4.57 Å². The Kier molecular flexibility index (Phi) is 4.26. The molecular formula is C19H15N5O2. The molecule has 128 valence electrons. The van der Waals surface area contributed by atoms with E-state index in [1.165, 1.54) is 0 Å². The van der Waals surface area contributed by atoms with Gasteiger partial charge in [0.05, 0.1) is 11.3 Å². The van der Waals surface area contributed by atoms with E-state index in [0.717, 1.165) is 5.69 Å². The maximum absolute atomic E-state index is 12.3. The van der Waals surface area contributed by atoms with Gasteiger partial charge < -0.3 is 4.74 Å². The van der Waals surface area contributed by atoms with Crippen LogP contribution in [0.4, 0.5) is 0 Å². The number of rotatable bonds is 5. The summed E-state index contributed by atoms with van der Waals surface area (Å²) in [6.45, 7) is 0.0986. The molecular weight excluding hydrogens is 330 g/mol. The van der Waals surface area contributed by atoms with Crippen LogP contribution in [0.3, 0.4) is 0 Å². The number of pyridine rings is 1. The van der Waals surface area contributed by atoms with Crippen molar-refractivity contribution < 1.29 is 9.53 Å². The molecule has 3 aromatic heterocycles. The zero-order valence-electron chi connectivity index (χ0n) is 13.8. The molecule has 0 saturated carbocycles. The lowest BCUT2D eigenvalue weighted by molar-refractivity contribution is 0.0467. The second-order valence-corrected chi connectivity index (χ2v) is 5.54. The summed E-state index contributed by atoms with van der Waals surface area (Å²) in [4.78, 5) is 20.5. The third-order valence-electron chi connectivity index (χ3n) is 3.77. The van der Waals surface area contributed by atoms with E-state index in [1.54, 1.807) is 46.3 Å². The predicted octanol–water partition coefficient (Wildman–Crippen LogP) is 2.81.